The van der Waals surface area contributed by atoms with Crippen molar-refractivity contribution in [1.29, 1.82) is 0 Å². The summed E-state index contributed by atoms with van der Waals surface area (Å²) in [4.78, 5) is 8.58. The minimum Gasteiger partial charge on any atom is -0.376 e. The molecule has 1 aliphatic rings. The number of hydrogen-bond donors (Lipinski definition) is 1. The number of benzene rings is 2. The third-order valence-corrected chi connectivity index (χ3v) is 5.90. The molecule has 4 nitrogen and oxygen atoms in total. The molecule has 156 valence electrons. The van der Waals surface area contributed by atoms with Crippen molar-refractivity contribution in [2.24, 2.45) is 0 Å². The van der Waals surface area contributed by atoms with Gasteiger partial charge in [-0.2, -0.15) is 0 Å². The highest BCUT2D eigenvalue weighted by Gasteiger charge is 2.41. The van der Waals surface area contributed by atoms with Gasteiger partial charge in [-0.15, -0.1) is 0 Å². The zero-order chi connectivity index (χ0) is 21.0. The van der Waals surface area contributed by atoms with Gasteiger partial charge in [0.15, 0.2) is 5.82 Å². The Morgan fingerprint density at radius 3 is 2.43 bits per heavy atom. The van der Waals surface area contributed by atoms with E-state index < -0.39 is 5.82 Å². The Labute approximate surface area is 177 Å². The fourth-order valence-electron chi connectivity index (χ4n) is 4.54. The summed E-state index contributed by atoms with van der Waals surface area (Å²) in [5, 5.41) is 3.32. The van der Waals surface area contributed by atoms with Crippen LogP contribution in [-0.4, -0.2) is 28.7 Å². The van der Waals surface area contributed by atoms with Crippen molar-refractivity contribution < 1.29 is 9.13 Å². The van der Waals surface area contributed by atoms with Gasteiger partial charge < -0.3 is 10.1 Å². The van der Waals surface area contributed by atoms with Gasteiger partial charge in [-0.3, -0.25) is 0 Å². The second kappa shape index (κ2) is 8.52. The number of ether oxygens (including phenoxy) is 1. The number of aromatic nitrogens is 2. The van der Waals surface area contributed by atoms with Crippen molar-refractivity contribution in [2.45, 2.75) is 44.1 Å². The van der Waals surface area contributed by atoms with Crippen LogP contribution in [0.4, 0.5) is 10.3 Å². The van der Waals surface area contributed by atoms with Crippen molar-refractivity contribution in [3.63, 3.8) is 0 Å². The molecule has 1 aliphatic heterocycles. The van der Waals surface area contributed by atoms with E-state index in [1.807, 2.05) is 30.3 Å². The molecule has 2 aromatic carbocycles. The maximum atomic E-state index is 14.3. The normalized spacial score (nSPS) is 20.6. The van der Waals surface area contributed by atoms with Gasteiger partial charge in [-0.1, -0.05) is 60.7 Å². The lowest BCUT2D eigenvalue weighted by molar-refractivity contribution is -0.0835. The van der Waals surface area contributed by atoms with Crippen LogP contribution in [0.2, 0.25) is 0 Å². The van der Waals surface area contributed by atoms with Crippen molar-refractivity contribution in [3.05, 3.63) is 78.2 Å². The lowest BCUT2D eigenvalue weighted by atomic mass is 9.67. The SMILES string of the molecule is CC1(C)CC(CCNc2ncc(F)c(-c3ccccc3)n2)(c2ccccc2)CCO1. The van der Waals surface area contributed by atoms with Crippen LogP contribution in [0.15, 0.2) is 66.9 Å². The predicted octanol–water partition coefficient (Wildman–Crippen LogP) is 5.61. The third-order valence-electron chi connectivity index (χ3n) is 5.90. The highest BCUT2D eigenvalue weighted by molar-refractivity contribution is 5.60. The van der Waals surface area contributed by atoms with Crippen molar-refractivity contribution in [3.8, 4) is 11.3 Å². The van der Waals surface area contributed by atoms with Crippen LogP contribution in [0.5, 0.6) is 0 Å². The molecule has 1 unspecified atom stereocenters. The van der Waals surface area contributed by atoms with E-state index in [-0.39, 0.29) is 11.0 Å². The maximum Gasteiger partial charge on any atom is 0.223 e. The van der Waals surface area contributed by atoms with Gasteiger partial charge in [-0.25, -0.2) is 14.4 Å². The topological polar surface area (TPSA) is 47.0 Å². The molecule has 0 spiro atoms. The number of halogens is 1. The van der Waals surface area contributed by atoms with Gasteiger partial charge >= 0.3 is 0 Å². The first kappa shape index (κ1) is 20.5. The number of nitrogens with zero attached hydrogens (tertiary/aromatic N) is 2. The summed E-state index contributed by atoms with van der Waals surface area (Å²) in [6.45, 7) is 5.76. The number of anilines is 1. The van der Waals surface area contributed by atoms with Crippen molar-refractivity contribution >= 4 is 5.95 Å². The molecule has 0 amide bonds. The lowest BCUT2D eigenvalue weighted by Crippen LogP contribution is -2.45. The zero-order valence-corrected chi connectivity index (χ0v) is 17.6. The summed E-state index contributed by atoms with van der Waals surface area (Å²) in [6.07, 6.45) is 4.08. The predicted molar refractivity (Wildman–Crippen MR) is 118 cm³/mol. The highest BCUT2D eigenvalue weighted by Crippen LogP contribution is 2.43. The average molecular weight is 406 g/mol. The van der Waals surface area contributed by atoms with Crippen LogP contribution in [0.25, 0.3) is 11.3 Å². The van der Waals surface area contributed by atoms with E-state index in [2.05, 4.69) is 59.5 Å². The van der Waals surface area contributed by atoms with Crippen LogP contribution in [-0.2, 0) is 10.2 Å². The number of rotatable bonds is 6. The van der Waals surface area contributed by atoms with Crippen molar-refractivity contribution in [2.75, 3.05) is 18.5 Å². The number of hydrogen-bond acceptors (Lipinski definition) is 4. The van der Waals surface area contributed by atoms with Crippen LogP contribution < -0.4 is 5.32 Å². The van der Waals surface area contributed by atoms with Crippen LogP contribution in [0.3, 0.4) is 0 Å². The molecule has 5 heteroatoms. The second-order valence-electron chi connectivity index (χ2n) is 8.61. The lowest BCUT2D eigenvalue weighted by Gasteiger charge is -2.45. The van der Waals surface area contributed by atoms with E-state index >= 15 is 0 Å². The average Bonchev–Trinajstić information content (AvgIpc) is 2.75. The van der Waals surface area contributed by atoms with Gasteiger partial charge in [0.25, 0.3) is 0 Å². The van der Waals surface area contributed by atoms with Crippen LogP contribution in [0, 0.1) is 5.82 Å². The Morgan fingerprint density at radius 2 is 1.73 bits per heavy atom. The molecule has 4 rings (SSSR count). The Morgan fingerprint density at radius 1 is 1.03 bits per heavy atom. The van der Waals surface area contributed by atoms with Gasteiger partial charge in [0.1, 0.15) is 5.69 Å². The minimum atomic E-state index is -0.418. The molecule has 2 heterocycles. The van der Waals surface area contributed by atoms with E-state index in [1.165, 1.54) is 11.8 Å². The first-order chi connectivity index (χ1) is 14.5. The van der Waals surface area contributed by atoms with E-state index in [0.29, 0.717) is 18.2 Å². The fourth-order valence-corrected chi connectivity index (χ4v) is 4.54. The smallest absolute Gasteiger partial charge is 0.223 e. The van der Waals surface area contributed by atoms with Gasteiger partial charge in [0.2, 0.25) is 5.95 Å². The largest absolute Gasteiger partial charge is 0.376 e. The van der Waals surface area contributed by atoms with Gasteiger partial charge in [0, 0.05) is 24.1 Å². The summed E-state index contributed by atoms with van der Waals surface area (Å²) in [5.41, 5.74) is 2.26. The standard InChI is InChI=1S/C25H28FN3O/c1-24(2)18-25(14-16-30-24,20-11-7-4-8-12-20)13-15-27-23-28-17-21(26)22(29-23)19-9-5-3-6-10-19/h3-12,17H,13-16,18H2,1-2H3,(H,27,28,29). The minimum absolute atomic E-state index is 0.0261. The molecule has 1 fully saturated rings. The van der Waals surface area contributed by atoms with Crippen molar-refractivity contribution in [1.82, 2.24) is 9.97 Å². The highest BCUT2D eigenvalue weighted by atomic mass is 19.1. The molecule has 3 aromatic rings. The fraction of sp³-hybridized carbons (Fsp3) is 0.360. The van der Waals surface area contributed by atoms with E-state index in [9.17, 15) is 4.39 Å². The second-order valence-corrected chi connectivity index (χ2v) is 8.61. The first-order valence-electron chi connectivity index (χ1n) is 10.5. The monoisotopic (exact) mass is 405 g/mol. The molecule has 0 bridgehead atoms. The molecule has 30 heavy (non-hydrogen) atoms. The molecule has 0 aliphatic carbocycles. The van der Waals surface area contributed by atoms with Crippen LogP contribution >= 0.6 is 0 Å². The van der Waals surface area contributed by atoms with Crippen LogP contribution in [0.1, 0.15) is 38.7 Å². The maximum absolute atomic E-state index is 14.3. The molecule has 1 aromatic heterocycles. The van der Waals surface area contributed by atoms with Gasteiger partial charge in [-0.05, 0) is 38.7 Å². The molecule has 0 saturated carbocycles. The van der Waals surface area contributed by atoms with E-state index in [4.69, 9.17) is 4.74 Å². The Hall–Kier alpha value is -2.79. The molecule has 0 radical (unpaired) electrons. The first-order valence-corrected chi connectivity index (χ1v) is 10.5. The molecular formula is C25H28FN3O. The molecular weight excluding hydrogens is 377 g/mol. The molecule has 1 saturated heterocycles. The molecule has 1 atom stereocenters. The third kappa shape index (κ3) is 4.51. The summed E-state index contributed by atoms with van der Waals surface area (Å²) >= 11 is 0. The summed E-state index contributed by atoms with van der Waals surface area (Å²) in [7, 11) is 0. The van der Waals surface area contributed by atoms with E-state index in [0.717, 1.165) is 31.4 Å². The summed E-state index contributed by atoms with van der Waals surface area (Å²) in [6, 6.07) is 20.0. The van der Waals surface area contributed by atoms with E-state index in [1.54, 1.807) is 0 Å². The molecule has 1 N–H and O–H groups in total. The number of nitrogens with one attached hydrogen (secondary N) is 1. The summed E-state index contributed by atoms with van der Waals surface area (Å²) < 4.78 is 20.3. The Bertz CT molecular complexity index is 978. The van der Waals surface area contributed by atoms with Gasteiger partial charge in [0.05, 0.1) is 11.8 Å². The zero-order valence-electron chi connectivity index (χ0n) is 17.6. The Kier molecular flexibility index (Phi) is 5.82. The quantitative estimate of drug-likeness (QED) is 0.579. The summed E-state index contributed by atoms with van der Waals surface area (Å²) in [5.74, 6) is 0.0310. The Balaban J connectivity index is 1.52.